The first-order valence-corrected chi connectivity index (χ1v) is 6.54. The van der Waals surface area contributed by atoms with Gasteiger partial charge in [-0.25, -0.2) is 26.6 Å². The zero-order valence-corrected chi connectivity index (χ0v) is 10.9. The van der Waals surface area contributed by atoms with Crippen LogP contribution in [0.5, 0.6) is 0 Å². The summed E-state index contributed by atoms with van der Waals surface area (Å²) in [5.41, 5.74) is 0. The molecule has 0 aromatic carbocycles. The maximum Gasteiger partial charge on any atom is 0.265 e. The van der Waals surface area contributed by atoms with Crippen molar-refractivity contribution >= 4 is 26.0 Å². The number of nitrogens with zero attached hydrogens (tertiary/aromatic N) is 3. The number of aromatic nitrogens is 3. The summed E-state index contributed by atoms with van der Waals surface area (Å²) in [7, 11) is -2.73. The average Bonchev–Trinajstić information content (AvgIpc) is 2.55. The van der Waals surface area contributed by atoms with Crippen molar-refractivity contribution in [2.75, 3.05) is 6.54 Å². The normalized spacial score (nSPS) is 14.2. The van der Waals surface area contributed by atoms with Crippen molar-refractivity contribution < 1.29 is 22.3 Å². The van der Waals surface area contributed by atoms with Gasteiger partial charge < -0.3 is 5.11 Å². The highest BCUT2D eigenvalue weighted by molar-refractivity contribution is 9.10. The van der Waals surface area contributed by atoms with Crippen LogP contribution in [0.15, 0.2) is 9.63 Å². The minimum atomic E-state index is -4.06. The molecule has 17 heavy (non-hydrogen) atoms. The van der Waals surface area contributed by atoms with Crippen LogP contribution in [-0.2, 0) is 17.1 Å². The lowest BCUT2D eigenvalue weighted by atomic mass is 10.4. The first-order chi connectivity index (χ1) is 7.75. The number of halogens is 3. The Morgan fingerprint density at radius 2 is 2.18 bits per heavy atom. The van der Waals surface area contributed by atoms with E-state index in [4.69, 9.17) is 5.11 Å². The zero-order valence-electron chi connectivity index (χ0n) is 8.51. The van der Waals surface area contributed by atoms with Crippen molar-refractivity contribution in [3.63, 3.8) is 0 Å². The molecule has 0 fully saturated rings. The molecule has 0 aliphatic heterocycles. The minimum absolute atomic E-state index is 0.0426. The Labute approximate surface area is 104 Å². The summed E-state index contributed by atoms with van der Waals surface area (Å²) < 4.78 is 50.0. The second-order valence-corrected chi connectivity index (χ2v) is 5.50. The molecule has 7 nitrogen and oxygen atoms in total. The predicted octanol–water partition coefficient (Wildman–Crippen LogP) is -0.518. The third-order valence-corrected chi connectivity index (χ3v) is 4.07. The molecule has 0 amide bonds. The van der Waals surface area contributed by atoms with Crippen LogP contribution in [0, 0.1) is 0 Å². The third kappa shape index (κ3) is 3.40. The number of aliphatic hydroxyl groups excluding tert-OH is 1. The van der Waals surface area contributed by atoms with Crippen molar-refractivity contribution in [2.24, 2.45) is 7.05 Å². The van der Waals surface area contributed by atoms with Gasteiger partial charge in [-0.2, -0.15) is 0 Å². The summed E-state index contributed by atoms with van der Waals surface area (Å²) in [6.07, 6.45) is -5.09. The van der Waals surface area contributed by atoms with Gasteiger partial charge in [-0.05, 0) is 15.9 Å². The summed E-state index contributed by atoms with van der Waals surface area (Å²) in [5, 5.41) is 15.4. The second-order valence-electron chi connectivity index (χ2n) is 3.06. The number of sulfonamides is 1. The van der Waals surface area contributed by atoms with Crippen LogP contribution in [0.2, 0.25) is 0 Å². The standard InChI is InChI=1S/C6H9BrF2N4O3S/c1-13-6(4(7)11-12-13)17(15,16)10-2-3(14)5(8)9/h3,5,10,14H,2H2,1H3. The fraction of sp³-hybridized carbons (Fsp3) is 0.667. The lowest BCUT2D eigenvalue weighted by molar-refractivity contribution is -0.000465. The number of hydrogen-bond donors (Lipinski definition) is 2. The van der Waals surface area contributed by atoms with E-state index in [-0.39, 0.29) is 9.63 Å². The van der Waals surface area contributed by atoms with Crippen molar-refractivity contribution in [1.29, 1.82) is 0 Å². The fourth-order valence-corrected chi connectivity index (χ4v) is 3.10. The Morgan fingerprint density at radius 3 is 2.59 bits per heavy atom. The monoisotopic (exact) mass is 334 g/mol. The summed E-state index contributed by atoms with van der Waals surface area (Å²) in [4.78, 5) is 0. The lowest BCUT2D eigenvalue weighted by Gasteiger charge is -2.11. The van der Waals surface area contributed by atoms with Gasteiger partial charge in [0.2, 0.25) is 5.03 Å². The van der Waals surface area contributed by atoms with Crippen LogP contribution in [0.25, 0.3) is 0 Å². The minimum Gasteiger partial charge on any atom is -0.386 e. The van der Waals surface area contributed by atoms with E-state index in [1.165, 1.54) is 7.05 Å². The van der Waals surface area contributed by atoms with E-state index in [1.807, 2.05) is 4.72 Å². The van der Waals surface area contributed by atoms with Gasteiger partial charge in [-0.15, -0.1) is 5.10 Å². The summed E-state index contributed by atoms with van der Waals surface area (Å²) in [5.74, 6) is 0. The Balaban J connectivity index is 2.84. The van der Waals surface area contributed by atoms with Crippen LogP contribution in [0.3, 0.4) is 0 Å². The van der Waals surface area contributed by atoms with Gasteiger partial charge in [0, 0.05) is 13.6 Å². The van der Waals surface area contributed by atoms with E-state index in [0.717, 1.165) is 4.68 Å². The highest BCUT2D eigenvalue weighted by atomic mass is 79.9. The number of hydrogen-bond acceptors (Lipinski definition) is 5. The molecule has 1 rings (SSSR count). The van der Waals surface area contributed by atoms with Crippen molar-refractivity contribution in [1.82, 2.24) is 19.7 Å². The lowest BCUT2D eigenvalue weighted by Crippen LogP contribution is -2.36. The van der Waals surface area contributed by atoms with Gasteiger partial charge in [0.15, 0.2) is 4.60 Å². The molecule has 11 heteroatoms. The molecule has 1 atom stereocenters. The molecule has 1 aromatic rings. The largest absolute Gasteiger partial charge is 0.386 e. The Bertz CT molecular complexity index is 472. The van der Waals surface area contributed by atoms with E-state index in [1.54, 1.807) is 0 Å². The molecule has 0 spiro atoms. The third-order valence-electron chi connectivity index (χ3n) is 1.76. The van der Waals surface area contributed by atoms with E-state index < -0.39 is 29.1 Å². The fourth-order valence-electron chi connectivity index (χ4n) is 0.961. The molecule has 0 saturated heterocycles. The molecule has 0 radical (unpaired) electrons. The molecule has 1 unspecified atom stereocenters. The molecule has 1 aromatic heterocycles. The average molecular weight is 335 g/mol. The summed E-state index contributed by atoms with van der Waals surface area (Å²) in [6, 6.07) is 0. The molecule has 0 bridgehead atoms. The van der Waals surface area contributed by atoms with Gasteiger partial charge in [-0.3, -0.25) is 0 Å². The van der Waals surface area contributed by atoms with E-state index in [9.17, 15) is 17.2 Å². The van der Waals surface area contributed by atoms with Gasteiger partial charge >= 0.3 is 0 Å². The molecule has 0 aliphatic rings. The first kappa shape index (κ1) is 14.4. The van der Waals surface area contributed by atoms with Crippen molar-refractivity contribution in [3.05, 3.63) is 4.60 Å². The number of aryl methyl sites for hydroxylation is 1. The van der Waals surface area contributed by atoms with Crippen LogP contribution in [0.1, 0.15) is 0 Å². The van der Waals surface area contributed by atoms with Crippen molar-refractivity contribution in [3.8, 4) is 0 Å². The van der Waals surface area contributed by atoms with Gasteiger partial charge in [0.1, 0.15) is 6.10 Å². The second kappa shape index (κ2) is 5.33. The molecular formula is C6H9BrF2N4O3S. The summed E-state index contributed by atoms with van der Waals surface area (Å²) >= 11 is 2.86. The van der Waals surface area contributed by atoms with Crippen molar-refractivity contribution in [2.45, 2.75) is 17.6 Å². The molecule has 98 valence electrons. The quantitative estimate of drug-likeness (QED) is 0.755. The van der Waals surface area contributed by atoms with E-state index in [2.05, 4.69) is 26.2 Å². The molecule has 2 N–H and O–H groups in total. The predicted molar refractivity (Wildman–Crippen MR) is 55.9 cm³/mol. The molecule has 0 aliphatic carbocycles. The van der Waals surface area contributed by atoms with Gasteiger partial charge in [0.25, 0.3) is 16.4 Å². The van der Waals surface area contributed by atoms with E-state index in [0.29, 0.717) is 0 Å². The molecule has 1 heterocycles. The smallest absolute Gasteiger partial charge is 0.265 e. The topological polar surface area (TPSA) is 97.1 Å². The van der Waals surface area contributed by atoms with Crippen LogP contribution in [-0.4, -0.2) is 47.6 Å². The maximum atomic E-state index is 12.0. The Morgan fingerprint density at radius 1 is 1.59 bits per heavy atom. The Hall–Kier alpha value is -0.650. The summed E-state index contributed by atoms with van der Waals surface area (Å²) in [6.45, 7) is -0.794. The SMILES string of the molecule is Cn1nnc(Br)c1S(=O)(=O)NCC(O)C(F)F. The first-order valence-electron chi connectivity index (χ1n) is 4.26. The van der Waals surface area contributed by atoms with Crippen LogP contribution >= 0.6 is 15.9 Å². The highest BCUT2D eigenvalue weighted by Gasteiger charge is 2.26. The molecule has 0 saturated carbocycles. The van der Waals surface area contributed by atoms with Gasteiger partial charge in [0.05, 0.1) is 0 Å². The van der Waals surface area contributed by atoms with Crippen LogP contribution < -0.4 is 4.72 Å². The number of alkyl halides is 2. The maximum absolute atomic E-state index is 12.0. The highest BCUT2D eigenvalue weighted by Crippen LogP contribution is 2.17. The molecular weight excluding hydrogens is 326 g/mol. The number of rotatable bonds is 5. The Kier molecular flexibility index (Phi) is 4.52. The zero-order chi connectivity index (χ0) is 13.2. The van der Waals surface area contributed by atoms with Crippen LogP contribution in [0.4, 0.5) is 8.78 Å². The van der Waals surface area contributed by atoms with Gasteiger partial charge in [-0.1, -0.05) is 5.21 Å². The number of nitrogens with one attached hydrogen (secondary N) is 1. The van der Waals surface area contributed by atoms with E-state index >= 15 is 0 Å². The number of aliphatic hydroxyl groups is 1.